The van der Waals surface area contributed by atoms with Crippen molar-refractivity contribution in [3.63, 3.8) is 0 Å². The van der Waals surface area contributed by atoms with E-state index in [0.717, 1.165) is 19.5 Å². The summed E-state index contributed by atoms with van der Waals surface area (Å²) in [5, 5.41) is 6.15. The van der Waals surface area contributed by atoms with Crippen molar-refractivity contribution in [1.82, 2.24) is 15.5 Å². The third kappa shape index (κ3) is 9.04. The fraction of sp³-hybridized carbons (Fsp3) is 0.619. The van der Waals surface area contributed by atoms with Crippen LogP contribution in [0.3, 0.4) is 0 Å². The Morgan fingerprint density at radius 1 is 1.35 bits per heavy atom. The van der Waals surface area contributed by atoms with Gasteiger partial charge in [0, 0.05) is 45.2 Å². The number of piperidine rings is 1. The number of carbonyl (C=O) groups is 1. The predicted octanol–water partition coefficient (Wildman–Crippen LogP) is 3.62. The quantitative estimate of drug-likeness (QED) is 0.277. The minimum atomic E-state index is -2.95. The number of halogens is 3. The van der Waals surface area contributed by atoms with Crippen LogP contribution in [0.25, 0.3) is 0 Å². The summed E-state index contributed by atoms with van der Waals surface area (Å²) in [6.45, 7) is 3.59. The van der Waals surface area contributed by atoms with Crippen LogP contribution in [-0.2, 0) is 11.3 Å². The monoisotopic (exact) mass is 554 g/mol. The lowest BCUT2D eigenvalue weighted by molar-refractivity contribution is -0.132. The van der Waals surface area contributed by atoms with E-state index in [4.69, 9.17) is 4.74 Å². The van der Waals surface area contributed by atoms with Crippen molar-refractivity contribution in [2.75, 3.05) is 33.3 Å². The van der Waals surface area contributed by atoms with E-state index in [1.165, 1.54) is 6.42 Å². The zero-order valence-corrected chi connectivity index (χ0v) is 20.7. The first-order valence-corrected chi connectivity index (χ1v) is 10.4. The van der Waals surface area contributed by atoms with Gasteiger partial charge in [-0.15, -0.1) is 24.0 Å². The molecule has 0 spiro atoms. The highest BCUT2D eigenvalue weighted by atomic mass is 127. The molecule has 1 amide bonds. The molecule has 7 nitrogen and oxygen atoms in total. The van der Waals surface area contributed by atoms with Crippen LogP contribution < -0.4 is 20.1 Å². The first kappa shape index (κ1) is 27.2. The number of hydrogen-bond donors (Lipinski definition) is 2. The highest BCUT2D eigenvalue weighted by Crippen LogP contribution is 2.32. The number of carbonyl (C=O) groups excluding carboxylic acids is 1. The molecule has 10 heteroatoms. The van der Waals surface area contributed by atoms with E-state index in [-0.39, 0.29) is 47.9 Å². The third-order valence-corrected chi connectivity index (χ3v) is 4.88. The molecule has 31 heavy (non-hydrogen) atoms. The van der Waals surface area contributed by atoms with Crippen molar-refractivity contribution in [3.8, 4) is 11.5 Å². The highest BCUT2D eigenvalue weighted by molar-refractivity contribution is 14.0. The van der Waals surface area contributed by atoms with Gasteiger partial charge in [0.05, 0.1) is 6.61 Å². The standard InChI is InChI=1S/C21H32F2N4O3.HI/c1-4-29-17-9-5-8-16(19(17)30-20(22)23)13-26-21(24-3)25-11-10-18(28)27-12-6-7-15(2)14-27;/h5,8-9,15,20H,4,6-7,10-14H2,1-3H3,(H2,24,25,26);1H. The number of guanidine groups is 1. The number of nitrogens with zero attached hydrogens (tertiary/aromatic N) is 2. The number of rotatable bonds is 9. The lowest BCUT2D eigenvalue weighted by atomic mass is 10.00. The van der Waals surface area contributed by atoms with Crippen LogP contribution in [0, 0.1) is 5.92 Å². The maximum absolute atomic E-state index is 12.8. The number of likely N-dealkylation sites (tertiary alicyclic amines) is 1. The average molecular weight is 554 g/mol. The van der Waals surface area contributed by atoms with Crippen molar-refractivity contribution in [1.29, 1.82) is 0 Å². The maximum atomic E-state index is 12.8. The second kappa shape index (κ2) is 14.3. The molecule has 176 valence electrons. The fourth-order valence-electron chi connectivity index (χ4n) is 3.45. The summed E-state index contributed by atoms with van der Waals surface area (Å²) in [6.07, 6.45) is 2.58. The smallest absolute Gasteiger partial charge is 0.387 e. The van der Waals surface area contributed by atoms with Crippen LogP contribution in [0.4, 0.5) is 8.78 Å². The molecule has 1 aromatic rings. The van der Waals surface area contributed by atoms with Crippen molar-refractivity contribution >= 4 is 35.8 Å². The summed E-state index contributed by atoms with van der Waals surface area (Å²) in [6, 6.07) is 4.99. The van der Waals surface area contributed by atoms with Gasteiger partial charge in [-0.05, 0) is 31.7 Å². The molecule has 0 aromatic heterocycles. The van der Waals surface area contributed by atoms with E-state index in [2.05, 4.69) is 27.3 Å². The summed E-state index contributed by atoms with van der Waals surface area (Å²) in [7, 11) is 1.61. The molecule has 2 N–H and O–H groups in total. The van der Waals surface area contributed by atoms with E-state index < -0.39 is 6.61 Å². The molecular formula is C21H33F2IN4O3. The number of alkyl halides is 2. The van der Waals surface area contributed by atoms with E-state index in [1.807, 2.05) is 4.90 Å². The normalized spacial score (nSPS) is 16.5. The zero-order valence-electron chi connectivity index (χ0n) is 18.3. The molecule has 0 saturated carbocycles. The first-order valence-electron chi connectivity index (χ1n) is 10.4. The summed E-state index contributed by atoms with van der Waals surface area (Å²) in [5.74, 6) is 1.41. The van der Waals surface area contributed by atoms with Crippen LogP contribution in [0.1, 0.15) is 38.7 Å². The molecule has 1 heterocycles. The van der Waals surface area contributed by atoms with E-state index in [1.54, 1.807) is 32.2 Å². The van der Waals surface area contributed by atoms with Crippen molar-refractivity contribution in [2.45, 2.75) is 46.3 Å². The Bertz CT molecular complexity index is 722. The summed E-state index contributed by atoms with van der Waals surface area (Å²) >= 11 is 0. The zero-order chi connectivity index (χ0) is 21.9. The SMILES string of the molecule is CCOc1cccc(CNC(=NC)NCCC(=O)N2CCCC(C)C2)c1OC(F)F.I. The Kier molecular flexibility index (Phi) is 12.5. The molecule has 2 rings (SSSR count). The molecular weight excluding hydrogens is 521 g/mol. The Morgan fingerprint density at radius 2 is 2.13 bits per heavy atom. The van der Waals surface area contributed by atoms with Gasteiger partial charge in [0.1, 0.15) is 0 Å². The summed E-state index contributed by atoms with van der Waals surface area (Å²) < 4.78 is 35.7. The molecule has 1 atom stereocenters. The Labute approximate surface area is 200 Å². The largest absolute Gasteiger partial charge is 0.490 e. The van der Waals surface area contributed by atoms with Gasteiger partial charge in [0.2, 0.25) is 5.91 Å². The van der Waals surface area contributed by atoms with Gasteiger partial charge in [-0.3, -0.25) is 9.79 Å². The fourth-order valence-corrected chi connectivity index (χ4v) is 3.45. The summed E-state index contributed by atoms with van der Waals surface area (Å²) in [4.78, 5) is 18.4. The van der Waals surface area contributed by atoms with E-state index in [0.29, 0.717) is 37.0 Å². The van der Waals surface area contributed by atoms with Gasteiger partial charge >= 0.3 is 6.61 Å². The van der Waals surface area contributed by atoms with Crippen LogP contribution in [0.2, 0.25) is 0 Å². The van der Waals surface area contributed by atoms with Gasteiger partial charge in [-0.2, -0.15) is 8.78 Å². The minimum Gasteiger partial charge on any atom is -0.490 e. The van der Waals surface area contributed by atoms with Crippen molar-refractivity contribution in [3.05, 3.63) is 23.8 Å². The molecule has 1 aromatic carbocycles. The minimum absolute atomic E-state index is 0. The lowest BCUT2D eigenvalue weighted by Crippen LogP contribution is -2.42. The first-order chi connectivity index (χ1) is 14.4. The second-order valence-electron chi connectivity index (χ2n) is 7.25. The molecule has 0 bridgehead atoms. The average Bonchev–Trinajstić information content (AvgIpc) is 2.72. The molecule has 1 aliphatic rings. The summed E-state index contributed by atoms with van der Waals surface area (Å²) in [5.41, 5.74) is 0.516. The van der Waals surface area contributed by atoms with E-state index >= 15 is 0 Å². The van der Waals surface area contributed by atoms with Gasteiger partial charge < -0.3 is 25.0 Å². The number of amides is 1. The molecule has 1 unspecified atom stereocenters. The van der Waals surface area contributed by atoms with Crippen molar-refractivity contribution in [2.24, 2.45) is 10.9 Å². The van der Waals surface area contributed by atoms with E-state index in [9.17, 15) is 13.6 Å². The van der Waals surface area contributed by atoms with Gasteiger partial charge in [0.25, 0.3) is 0 Å². The molecule has 0 aliphatic carbocycles. The lowest BCUT2D eigenvalue weighted by Gasteiger charge is -2.31. The topological polar surface area (TPSA) is 75.2 Å². The Morgan fingerprint density at radius 3 is 2.77 bits per heavy atom. The second-order valence-corrected chi connectivity index (χ2v) is 7.25. The molecule has 1 aliphatic heterocycles. The Hall–Kier alpha value is -1.85. The molecule has 0 radical (unpaired) electrons. The number of aliphatic imine (C=N–C) groups is 1. The van der Waals surface area contributed by atoms with Crippen molar-refractivity contribution < 1.29 is 23.0 Å². The number of hydrogen-bond acceptors (Lipinski definition) is 4. The molecule has 1 fully saturated rings. The number of ether oxygens (including phenoxy) is 2. The predicted molar refractivity (Wildman–Crippen MR) is 127 cm³/mol. The van der Waals surface area contributed by atoms with Crippen LogP contribution in [0.15, 0.2) is 23.2 Å². The van der Waals surface area contributed by atoms with Crippen LogP contribution in [0.5, 0.6) is 11.5 Å². The Balaban J connectivity index is 0.00000480. The van der Waals surface area contributed by atoms with Crippen LogP contribution in [-0.4, -0.2) is 56.7 Å². The highest BCUT2D eigenvalue weighted by Gasteiger charge is 2.20. The number of para-hydroxylation sites is 1. The number of nitrogens with one attached hydrogen (secondary N) is 2. The molecule has 1 saturated heterocycles. The van der Waals surface area contributed by atoms with Gasteiger partial charge in [-0.25, -0.2) is 0 Å². The maximum Gasteiger partial charge on any atom is 0.387 e. The van der Waals surface area contributed by atoms with Gasteiger partial charge in [-0.1, -0.05) is 19.1 Å². The van der Waals surface area contributed by atoms with Crippen LogP contribution >= 0.6 is 24.0 Å². The van der Waals surface area contributed by atoms with Gasteiger partial charge in [0.15, 0.2) is 17.5 Å². The third-order valence-electron chi connectivity index (χ3n) is 4.88. The number of benzene rings is 1.